The van der Waals surface area contributed by atoms with Crippen LogP contribution in [0.3, 0.4) is 0 Å². The first kappa shape index (κ1) is 11.7. The Morgan fingerprint density at radius 1 is 1.47 bits per heavy atom. The van der Waals surface area contributed by atoms with E-state index in [1.807, 2.05) is 6.92 Å². The molecule has 0 unspecified atom stereocenters. The number of halogens is 1. The van der Waals surface area contributed by atoms with Crippen molar-refractivity contribution in [3.63, 3.8) is 0 Å². The van der Waals surface area contributed by atoms with E-state index >= 15 is 0 Å². The van der Waals surface area contributed by atoms with Crippen LogP contribution in [0.4, 0.5) is 4.39 Å². The summed E-state index contributed by atoms with van der Waals surface area (Å²) in [5, 5.41) is 8.34. The molecule has 1 aromatic rings. The van der Waals surface area contributed by atoms with Crippen LogP contribution in [0.5, 0.6) is 0 Å². The van der Waals surface area contributed by atoms with Crippen molar-refractivity contribution in [1.82, 2.24) is 0 Å². The van der Waals surface area contributed by atoms with Crippen LogP contribution in [0, 0.1) is 5.82 Å². The number of aliphatic carboxylic acids is 1. The highest BCUT2D eigenvalue weighted by Gasteiger charge is 2.07. The molecule has 0 atom stereocenters. The first-order chi connectivity index (χ1) is 7.15. The minimum atomic E-state index is -1.05. The van der Waals surface area contributed by atoms with Gasteiger partial charge in [-0.3, -0.25) is 0 Å². The van der Waals surface area contributed by atoms with Gasteiger partial charge in [-0.1, -0.05) is 25.1 Å². The Labute approximate surface area is 87.5 Å². The topological polar surface area (TPSA) is 46.5 Å². The van der Waals surface area contributed by atoms with Gasteiger partial charge in [-0.25, -0.2) is 9.18 Å². The van der Waals surface area contributed by atoms with E-state index in [2.05, 4.69) is 0 Å². The lowest BCUT2D eigenvalue weighted by molar-refractivity contribution is -0.142. The van der Waals surface area contributed by atoms with Gasteiger partial charge in [0, 0.05) is 5.56 Å². The number of hydrogen-bond acceptors (Lipinski definition) is 2. The van der Waals surface area contributed by atoms with Crippen LogP contribution in [0.25, 0.3) is 0 Å². The van der Waals surface area contributed by atoms with Crippen LogP contribution < -0.4 is 0 Å². The highest BCUT2D eigenvalue weighted by molar-refractivity contribution is 5.67. The lowest BCUT2D eigenvalue weighted by Gasteiger charge is -2.06. The molecule has 0 aliphatic rings. The Hall–Kier alpha value is -1.42. The fourth-order valence-corrected chi connectivity index (χ4v) is 1.27. The number of hydrogen-bond donors (Lipinski definition) is 1. The highest BCUT2D eigenvalue weighted by atomic mass is 19.1. The molecule has 0 aliphatic carbocycles. The second-order valence-electron chi connectivity index (χ2n) is 3.13. The van der Waals surface area contributed by atoms with E-state index in [1.165, 1.54) is 0 Å². The predicted octanol–water partition coefficient (Wildman–Crippen LogP) is 1.99. The van der Waals surface area contributed by atoms with E-state index < -0.39 is 12.6 Å². The van der Waals surface area contributed by atoms with Crippen molar-refractivity contribution >= 4 is 5.97 Å². The first-order valence-electron chi connectivity index (χ1n) is 4.71. The minimum absolute atomic E-state index is 0.00796. The number of carboxylic acid groups (broad SMARTS) is 1. The summed E-state index contributed by atoms with van der Waals surface area (Å²) in [6.07, 6.45) is 0.610. The lowest BCUT2D eigenvalue weighted by Crippen LogP contribution is -2.08. The molecule has 0 aromatic heterocycles. The van der Waals surface area contributed by atoms with Crippen LogP contribution in [0.1, 0.15) is 18.1 Å². The number of aryl methyl sites for hydroxylation is 1. The van der Waals surface area contributed by atoms with Crippen molar-refractivity contribution in [3.8, 4) is 0 Å². The Morgan fingerprint density at radius 2 is 2.13 bits per heavy atom. The summed E-state index contributed by atoms with van der Waals surface area (Å²) in [6.45, 7) is 1.45. The third kappa shape index (κ3) is 3.32. The minimum Gasteiger partial charge on any atom is -0.480 e. The number of benzene rings is 1. The number of carboxylic acids is 1. The summed E-state index contributed by atoms with van der Waals surface area (Å²) in [7, 11) is 0. The fraction of sp³-hybridized carbons (Fsp3) is 0.364. The maximum atomic E-state index is 13.6. The molecule has 4 heteroatoms. The van der Waals surface area contributed by atoms with Gasteiger partial charge in [0.25, 0.3) is 0 Å². The molecule has 0 fully saturated rings. The van der Waals surface area contributed by atoms with E-state index in [4.69, 9.17) is 9.84 Å². The summed E-state index contributed by atoms with van der Waals surface area (Å²) < 4.78 is 18.4. The van der Waals surface area contributed by atoms with Gasteiger partial charge in [0.05, 0.1) is 6.61 Å². The Kier molecular flexibility index (Phi) is 4.24. The van der Waals surface area contributed by atoms with Gasteiger partial charge in [-0.15, -0.1) is 0 Å². The maximum Gasteiger partial charge on any atom is 0.329 e. The molecule has 82 valence electrons. The van der Waals surface area contributed by atoms with Gasteiger partial charge in [-0.2, -0.15) is 0 Å². The summed E-state index contributed by atoms with van der Waals surface area (Å²) in [6, 6.07) is 5.04. The molecule has 0 amide bonds. The first-order valence-corrected chi connectivity index (χ1v) is 4.71. The number of carbonyl (C=O) groups is 1. The molecule has 0 saturated carbocycles. The molecule has 0 bridgehead atoms. The van der Waals surface area contributed by atoms with E-state index in [-0.39, 0.29) is 12.4 Å². The smallest absolute Gasteiger partial charge is 0.329 e. The van der Waals surface area contributed by atoms with Crippen molar-refractivity contribution in [2.24, 2.45) is 0 Å². The number of ether oxygens (including phenoxy) is 1. The van der Waals surface area contributed by atoms with E-state index in [1.54, 1.807) is 18.2 Å². The Bertz CT molecular complexity index is 350. The summed E-state index contributed by atoms with van der Waals surface area (Å²) in [5.41, 5.74) is 1.02. The van der Waals surface area contributed by atoms with Crippen molar-refractivity contribution < 1.29 is 19.0 Å². The average Bonchev–Trinajstić information content (AvgIpc) is 2.20. The SMILES string of the molecule is CCc1cccc(COCC(=O)O)c1F. The van der Waals surface area contributed by atoms with Crippen LogP contribution in [-0.2, 0) is 22.6 Å². The van der Waals surface area contributed by atoms with Crippen molar-refractivity contribution in [2.45, 2.75) is 20.0 Å². The molecule has 0 spiro atoms. The quantitative estimate of drug-likeness (QED) is 0.811. The molecule has 1 N–H and O–H groups in total. The van der Waals surface area contributed by atoms with Crippen molar-refractivity contribution in [3.05, 3.63) is 35.1 Å². The van der Waals surface area contributed by atoms with Crippen LogP contribution in [0.2, 0.25) is 0 Å². The zero-order chi connectivity index (χ0) is 11.3. The predicted molar refractivity (Wildman–Crippen MR) is 53.1 cm³/mol. The third-order valence-corrected chi connectivity index (χ3v) is 2.02. The highest BCUT2D eigenvalue weighted by Crippen LogP contribution is 2.14. The Morgan fingerprint density at radius 3 is 2.73 bits per heavy atom. The normalized spacial score (nSPS) is 10.3. The summed E-state index contributed by atoms with van der Waals surface area (Å²) in [4.78, 5) is 10.2. The summed E-state index contributed by atoms with van der Waals surface area (Å²) >= 11 is 0. The molecule has 0 radical (unpaired) electrons. The molecular formula is C11H13FO3. The molecule has 1 rings (SSSR count). The molecular weight excluding hydrogens is 199 g/mol. The van der Waals surface area contributed by atoms with E-state index in [0.717, 1.165) is 0 Å². The molecule has 15 heavy (non-hydrogen) atoms. The van der Waals surface area contributed by atoms with E-state index in [9.17, 15) is 9.18 Å². The van der Waals surface area contributed by atoms with Gasteiger partial charge in [-0.05, 0) is 12.0 Å². The Balaban J connectivity index is 2.64. The summed E-state index contributed by atoms with van der Waals surface area (Å²) in [5.74, 6) is -1.35. The van der Waals surface area contributed by atoms with Gasteiger partial charge in [0.1, 0.15) is 12.4 Å². The third-order valence-electron chi connectivity index (χ3n) is 2.02. The van der Waals surface area contributed by atoms with Crippen molar-refractivity contribution in [2.75, 3.05) is 6.61 Å². The monoisotopic (exact) mass is 212 g/mol. The molecule has 3 nitrogen and oxygen atoms in total. The molecule has 0 aliphatic heterocycles. The van der Waals surface area contributed by atoms with Gasteiger partial charge < -0.3 is 9.84 Å². The molecule has 0 heterocycles. The fourth-order valence-electron chi connectivity index (χ4n) is 1.27. The van der Waals surface area contributed by atoms with Crippen LogP contribution in [-0.4, -0.2) is 17.7 Å². The zero-order valence-corrected chi connectivity index (χ0v) is 8.50. The van der Waals surface area contributed by atoms with Crippen molar-refractivity contribution in [1.29, 1.82) is 0 Å². The van der Waals surface area contributed by atoms with Gasteiger partial charge in [0.15, 0.2) is 0 Å². The van der Waals surface area contributed by atoms with Gasteiger partial charge in [0.2, 0.25) is 0 Å². The lowest BCUT2D eigenvalue weighted by atomic mass is 10.1. The van der Waals surface area contributed by atoms with E-state index in [0.29, 0.717) is 17.5 Å². The standard InChI is InChI=1S/C11H13FO3/c1-2-8-4-3-5-9(11(8)12)6-15-7-10(13)14/h3-5H,2,6-7H2,1H3,(H,13,14). The maximum absolute atomic E-state index is 13.6. The average molecular weight is 212 g/mol. The number of rotatable bonds is 5. The van der Waals surface area contributed by atoms with Crippen LogP contribution >= 0.6 is 0 Å². The second kappa shape index (κ2) is 5.46. The van der Waals surface area contributed by atoms with Gasteiger partial charge >= 0.3 is 5.97 Å². The van der Waals surface area contributed by atoms with Crippen LogP contribution in [0.15, 0.2) is 18.2 Å². The molecule has 1 aromatic carbocycles. The molecule has 0 saturated heterocycles. The largest absolute Gasteiger partial charge is 0.480 e. The second-order valence-corrected chi connectivity index (χ2v) is 3.13. The zero-order valence-electron chi connectivity index (χ0n) is 8.50.